The predicted molar refractivity (Wildman–Crippen MR) is 76.9 cm³/mol. The van der Waals surface area contributed by atoms with Gasteiger partial charge < -0.3 is 15.3 Å². The van der Waals surface area contributed by atoms with E-state index in [1.807, 2.05) is 0 Å². The monoisotopic (exact) mass is 296 g/mol. The molecule has 1 fully saturated rings. The van der Waals surface area contributed by atoms with Gasteiger partial charge in [0.2, 0.25) is 5.91 Å². The number of hydrogen-bond acceptors (Lipinski definition) is 3. The van der Waals surface area contributed by atoms with Gasteiger partial charge >= 0.3 is 0 Å². The minimum atomic E-state index is -0.591. The first-order chi connectivity index (χ1) is 9.61. The van der Waals surface area contributed by atoms with E-state index in [0.29, 0.717) is 16.3 Å². The maximum Gasteiger partial charge on any atom is 0.255 e. The lowest BCUT2D eigenvalue weighted by atomic mass is 10.1. The van der Waals surface area contributed by atoms with Crippen LogP contribution in [0.25, 0.3) is 0 Å². The number of piperidine rings is 1. The molecule has 0 spiro atoms. The van der Waals surface area contributed by atoms with Crippen molar-refractivity contribution in [1.29, 1.82) is 0 Å². The summed E-state index contributed by atoms with van der Waals surface area (Å²) in [6.45, 7) is 0.933. The van der Waals surface area contributed by atoms with E-state index < -0.39 is 12.5 Å². The quantitative estimate of drug-likeness (QED) is 0.895. The summed E-state index contributed by atoms with van der Waals surface area (Å²) in [7, 11) is 0. The van der Waals surface area contributed by atoms with Gasteiger partial charge in [-0.3, -0.25) is 9.59 Å². The Morgan fingerprint density at radius 3 is 2.55 bits per heavy atom. The third kappa shape index (κ3) is 3.49. The number of aliphatic hydroxyl groups excluding tert-OH is 1. The molecule has 1 aliphatic rings. The largest absolute Gasteiger partial charge is 0.387 e. The average Bonchev–Trinajstić information content (AvgIpc) is 2.47. The summed E-state index contributed by atoms with van der Waals surface area (Å²) in [6.07, 6.45) is 3.20. The van der Waals surface area contributed by atoms with Crippen molar-refractivity contribution >= 4 is 29.1 Å². The van der Waals surface area contributed by atoms with Gasteiger partial charge in [-0.2, -0.15) is 0 Å². The second-order valence-electron chi connectivity index (χ2n) is 4.75. The Labute approximate surface area is 122 Å². The molecule has 0 saturated carbocycles. The van der Waals surface area contributed by atoms with Crippen LogP contribution >= 0.6 is 11.6 Å². The van der Waals surface area contributed by atoms with Crippen molar-refractivity contribution in [3.63, 3.8) is 0 Å². The number of nitrogens with zero attached hydrogens (tertiary/aromatic N) is 1. The van der Waals surface area contributed by atoms with Crippen LogP contribution in [0.4, 0.5) is 5.69 Å². The van der Waals surface area contributed by atoms with Crippen LogP contribution in [-0.2, 0) is 4.79 Å². The topological polar surface area (TPSA) is 69.6 Å². The van der Waals surface area contributed by atoms with Crippen LogP contribution in [0.1, 0.15) is 29.6 Å². The van der Waals surface area contributed by atoms with Gasteiger partial charge in [0.1, 0.15) is 6.61 Å². The Morgan fingerprint density at radius 1 is 1.25 bits per heavy atom. The van der Waals surface area contributed by atoms with E-state index in [0.717, 1.165) is 32.4 Å². The highest BCUT2D eigenvalue weighted by atomic mass is 35.5. The fourth-order valence-corrected chi connectivity index (χ4v) is 2.50. The van der Waals surface area contributed by atoms with Gasteiger partial charge in [-0.15, -0.1) is 0 Å². The molecule has 1 aromatic carbocycles. The van der Waals surface area contributed by atoms with Crippen LogP contribution in [0, 0.1) is 0 Å². The second kappa shape index (κ2) is 6.72. The molecule has 1 aromatic rings. The number of carbonyl (C=O) groups excluding carboxylic acids is 2. The van der Waals surface area contributed by atoms with Crippen molar-refractivity contribution in [2.75, 3.05) is 25.0 Å². The van der Waals surface area contributed by atoms with E-state index in [9.17, 15) is 9.59 Å². The molecule has 0 atom stereocenters. The lowest BCUT2D eigenvalue weighted by Crippen LogP contribution is -2.35. The van der Waals surface area contributed by atoms with E-state index in [1.165, 1.54) is 6.07 Å². The average molecular weight is 297 g/mol. The number of benzene rings is 1. The highest BCUT2D eigenvalue weighted by Gasteiger charge is 2.20. The minimum absolute atomic E-state index is 0.0743. The molecule has 20 heavy (non-hydrogen) atoms. The molecule has 108 valence electrons. The molecule has 0 aromatic heterocycles. The van der Waals surface area contributed by atoms with Gasteiger partial charge in [0, 0.05) is 18.8 Å². The molecule has 0 bridgehead atoms. The highest BCUT2D eigenvalue weighted by molar-refractivity contribution is 6.34. The number of amides is 2. The van der Waals surface area contributed by atoms with Crippen molar-refractivity contribution in [2.24, 2.45) is 0 Å². The molecule has 6 heteroatoms. The first-order valence-corrected chi connectivity index (χ1v) is 6.99. The standard InChI is InChI=1S/C14H17ClN2O3/c15-12-8-10(16-13(19)9-18)4-5-11(12)14(20)17-6-2-1-3-7-17/h4-5,8,18H,1-3,6-7,9H2,(H,16,19). The molecule has 5 nitrogen and oxygen atoms in total. The molecule has 0 radical (unpaired) electrons. The molecular formula is C14H17ClN2O3. The Morgan fingerprint density at radius 2 is 1.95 bits per heavy atom. The SMILES string of the molecule is O=C(CO)Nc1ccc(C(=O)N2CCCCC2)c(Cl)c1. The summed E-state index contributed by atoms with van der Waals surface area (Å²) in [5.74, 6) is -0.592. The lowest BCUT2D eigenvalue weighted by molar-refractivity contribution is -0.118. The van der Waals surface area contributed by atoms with Crippen molar-refractivity contribution in [2.45, 2.75) is 19.3 Å². The Kier molecular flexibility index (Phi) is 4.98. The normalized spacial score (nSPS) is 15.0. The number of aliphatic hydroxyl groups is 1. The summed E-state index contributed by atoms with van der Waals surface area (Å²) in [5.41, 5.74) is 0.903. The summed E-state index contributed by atoms with van der Waals surface area (Å²) < 4.78 is 0. The molecule has 2 rings (SSSR count). The molecule has 2 amide bonds. The van der Waals surface area contributed by atoms with Gasteiger partial charge in [0.15, 0.2) is 0 Å². The highest BCUT2D eigenvalue weighted by Crippen LogP contribution is 2.23. The Hall–Kier alpha value is -1.59. The van der Waals surface area contributed by atoms with Crippen LogP contribution in [0.2, 0.25) is 5.02 Å². The van der Waals surface area contributed by atoms with Gasteiger partial charge in [-0.1, -0.05) is 11.6 Å². The number of rotatable bonds is 3. The van der Waals surface area contributed by atoms with Crippen LogP contribution in [-0.4, -0.2) is 41.5 Å². The fourth-order valence-electron chi connectivity index (χ4n) is 2.23. The molecule has 1 heterocycles. The Bertz CT molecular complexity index is 513. The number of anilines is 1. The van der Waals surface area contributed by atoms with E-state index >= 15 is 0 Å². The smallest absolute Gasteiger partial charge is 0.255 e. The van der Waals surface area contributed by atoms with Gasteiger partial charge in [0.25, 0.3) is 5.91 Å². The number of halogens is 1. The maximum absolute atomic E-state index is 12.3. The third-order valence-corrected chi connectivity index (χ3v) is 3.58. The van der Waals surface area contributed by atoms with Crippen LogP contribution in [0.3, 0.4) is 0 Å². The minimum Gasteiger partial charge on any atom is -0.387 e. The predicted octanol–water partition coefficient (Wildman–Crippen LogP) is 1.90. The molecule has 1 aliphatic heterocycles. The van der Waals surface area contributed by atoms with E-state index in [4.69, 9.17) is 16.7 Å². The summed E-state index contributed by atoms with van der Waals surface area (Å²) in [4.78, 5) is 25.2. The summed E-state index contributed by atoms with van der Waals surface area (Å²) >= 11 is 6.11. The number of nitrogens with one attached hydrogen (secondary N) is 1. The van der Waals surface area contributed by atoms with E-state index in [1.54, 1.807) is 17.0 Å². The van der Waals surface area contributed by atoms with Crippen LogP contribution in [0.15, 0.2) is 18.2 Å². The van der Waals surface area contributed by atoms with E-state index in [-0.39, 0.29) is 5.91 Å². The molecule has 2 N–H and O–H groups in total. The lowest BCUT2D eigenvalue weighted by Gasteiger charge is -2.27. The number of carbonyl (C=O) groups is 2. The van der Waals surface area contributed by atoms with E-state index in [2.05, 4.69) is 5.32 Å². The zero-order valence-corrected chi connectivity index (χ0v) is 11.8. The maximum atomic E-state index is 12.3. The molecule has 0 unspecified atom stereocenters. The van der Waals surface area contributed by atoms with Crippen LogP contribution < -0.4 is 5.32 Å². The third-order valence-electron chi connectivity index (χ3n) is 3.27. The van der Waals surface area contributed by atoms with Crippen molar-refractivity contribution in [1.82, 2.24) is 4.90 Å². The second-order valence-corrected chi connectivity index (χ2v) is 5.16. The molecule has 0 aliphatic carbocycles. The first-order valence-electron chi connectivity index (χ1n) is 6.61. The number of likely N-dealkylation sites (tertiary alicyclic amines) is 1. The fraction of sp³-hybridized carbons (Fsp3) is 0.429. The Balaban J connectivity index is 2.12. The van der Waals surface area contributed by atoms with Gasteiger partial charge in [-0.05, 0) is 37.5 Å². The summed E-state index contributed by atoms with van der Waals surface area (Å²) in [5, 5.41) is 11.5. The van der Waals surface area contributed by atoms with Crippen molar-refractivity contribution in [3.8, 4) is 0 Å². The van der Waals surface area contributed by atoms with Crippen molar-refractivity contribution in [3.05, 3.63) is 28.8 Å². The molecule has 1 saturated heterocycles. The zero-order valence-electron chi connectivity index (χ0n) is 11.1. The molecular weight excluding hydrogens is 280 g/mol. The summed E-state index contributed by atoms with van der Waals surface area (Å²) in [6, 6.07) is 4.73. The van der Waals surface area contributed by atoms with Gasteiger partial charge in [-0.25, -0.2) is 0 Å². The first kappa shape index (κ1) is 14.8. The van der Waals surface area contributed by atoms with Crippen LogP contribution in [0.5, 0.6) is 0 Å². The van der Waals surface area contributed by atoms with Crippen molar-refractivity contribution < 1.29 is 14.7 Å². The zero-order chi connectivity index (χ0) is 14.5. The van der Waals surface area contributed by atoms with Gasteiger partial charge in [0.05, 0.1) is 10.6 Å². The number of hydrogen-bond donors (Lipinski definition) is 2.